The number of aliphatic hydroxyl groups is 1. The number of hydrogen-bond acceptors (Lipinski definition) is 9. The van der Waals surface area contributed by atoms with Crippen LogP contribution < -0.4 is 5.32 Å². The quantitative estimate of drug-likeness (QED) is 0.140. The summed E-state index contributed by atoms with van der Waals surface area (Å²) < 4.78 is 49.7. The summed E-state index contributed by atoms with van der Waals surface area (Å²) in [4.78, 5) is 14.1. The number of nitrogens with zero attached hydrogens (tertiary/aromatic N) is 8. The van der Waals surface area contributed by atoms with Crippen molar-refractivity contribution in [2.75, 3.05) is 25.0 Å². The summed E-state index contributed by atoms with van der Waals surface area (Å²) >= 11 is 0. The zero-order valence-corrected chi connectivity index (χ0v) is 28.5. The van der Waals surface area contributed by atoms with Crippen molar-refractivity contribution in [1.82, 2.24) is 34.2 Å². The standard InChI is InChI=1S/C33H42F3N9O2Si/c1-48(2,3)15-14-47-22-44-13-7-28-27(4-10-38-30(28)44)23-19-39-45(20-23)32(8-9-37)17-26(18-32)43-11-5-24(6-12-43)40-29-16-25(21-46)41-31(42-29)33(34,35)36/h4,7,10,13,16,19-20,24,26,46H,5-6,8,11-12,14-15,17-18,21-22H2,1-3H3,(H,40,41,42). The summed E-state index contributed by atoms with van der Waals surface area (Å²) in [5.74, 6) is -1.19. The third-order valence-corrected chi connectivity index (χ3v) is 11.2. The average molecular weight is 682 g/mol. The minimum absolute atomic E-state index is 0.0508. The van der Waals surface area contributed by atoms with Crippen LogP contribution in [0.4, 0.5) is 19.0 Å². The SMILES string of the molecule is C[Si](C)(C)CCOCn1ccc2c(-c3cnn(C4(CC#N)CC(N5CCC(Nc6cc(CO)nc(C(F)(F)F)n6)CC5)C4)c3)ccnc21. The van der Waals surface area contributed by atoms with Crippen molar-refractivity contribution in [3.8, 4) is 17.2 Å². The lowest BCUT2D eigenvalue weighted by molar-refractivity contribution is -0.145. The zero-order valence-electron chi connectivity index (χ0n) is 27.5. The fourth-order valence-electron chi connectivity index (χ4n) is 6.74. The zero-order chi connectivity index (χ0) is 34.1. The normalized spacial score (nSPS) is 20.9. The molecule has 2 fully saturated rings. The highest BCUT2D eigenvalue weighted by atomic mass is 28.3. The van der Waals surface area contributed by atoms with Gasteiger partial charge < -0.3 is 24.6 Å². The topological polar surface area (TPSA) is 130 Å². The van der Waals surface area contributed by atoms with Crippen LogP contribution in [0.3, 0.4) is 0 Å². The molecule has 2 N–H and O–H groups in total. The maximum atomic E-state index is 13.2. The van der Waals surface area contributed by atoms with Crippen LogP contribution in [-0.4, -0.2) is 79.2 Å². The monoisotopic (exact) mass is 681 g/mol. The Labute approximate surface area is 278 Å². The number of nitriles is 1. The van der Waals surface area contributed by atoms with Crippen LogP contribution in [0.1, 0.15) is 43.6 Å². The molecule has 256 valence electrons. The molecule has 4 aromatic heterocycles. The van der Waals surface area contributed by atoms with Gasteiger partial charge in [-0.2, -0.15) is 23.5 Å². The summed E-state index contributed by atoms with van der Waals surface area (Å²) in [5, 5.41) is 28.1. The Morgan fingerprint density at radius 3 is 2.62 bits per heavy atom. The van der Waals surface area contributed by atoms with Crippen molar-refractivity contribution in [3.05, 3.63) is 54.5 Å². The molecule has 0 unspecified atom stereocenters. The first-order chi connectivity index (χ1) is 22.9. The number of anilines is 1. The molecule has 0 bridgehead atoms. The first kappa shape index (κ1) is 34.0. The second-order valence-corrected chi connectivity index (χ2v) is 19.8. The van der Waals surface area contributed by atoms with Gasteiger partial charge in [-0.3, -0.25) is 4.68 Å². The maximum absolute atomic E-state index is 13.2. The van der Waals surface area contributed by atoms with Gasteiger partial charge in [0, 0.05) is 75.5 Å². The lowest BCUT2D eigenvalue weighted by atomic mass is 9.69. The van der Waals surface area contributed by atoms with Crippen LogP contribution in [0.25, 0.3) is 22.2 Å². The Bertz CT molecular complexity index is 1760. The first-order valence-electron chi connectivity index (χ1n) is 16.4. The fourth-order valence-corrected chi connectivity index (χ4v) is 7.50. The van der Waals surface area contributed by atoms with Crippen LogP contribution >= 0.6 is 0 Å². The molecule has 6 rings (SSSR count). The molecule has 4 aromatic rings. The molecule has 1 saturated carbocycles. The van der Waals surface area contributed by atoms with E-state index in [9.17, 15) is 23.5 Å². The Morgan fingerprint density at radius 1 is 1.17 bits per heavy atom. The summed E-state index contributed by atoms with van der Waals surface area (Å²) in [6, 6.07) is 9.14. The summed E-state index contributed by atoms with van der Waals surface area (Å²) in [6.45, 7) is 9.14. The molecule has 5 heterocycles. The van der Waals surface area contributed by atoms with Gasteiger partial charge >= 0.3 is 6.18 Å². The number of alkyl halides is 3. The number of likely N-dealkylation sites (tertiary alicyclic amines) is 1. The number of fused-ring (bicyclic) bond motifs is 1. The van der Waals surface area contributed by atoms with Gasteiger partial charge in [-0.05, 0) is 49.4 Å². The predicted molar refractivity (Wildman–Crippen MR) is 177 cm³/mol. The largest absolute Gasteiger partial charge is 0.451 e. The Kier molecular flexibility index (Phi) is 9.63. The molecule has 15 heteroatoms. The number of halogens is 3. The van der Waals surface area contributed by atoms with Crippen LogP contribution in [0.5, 0.6) is 0 Å². The number of hydrogen-bond donors (Lipinski definition) is 2. The predicted octanol–water partition coefficient (Wildman–Crippen LogP) is 5.86. The molecular weight excluding hydrogens is 640 g/mol. The van der Waals surface area contributed by atoms with Crippen molar-refractivity contribution < 1.29 is 23.0 Å². The first-order valence-corrected chi connectivity index (χ1v) is 20.1. The van der Waals surface area contributed by atoms with Gasteiger partial charge in [-0.25, -0.2) is 15.0 Å². The van der Waals surface area contributed by atoms with E-state index in [1.54, 1.807) is 0 Å². The fraction of sp³-hybridized carbons (Fsp3) is 0.545. The third-order valence-electron chi connectivity index (χ3n) is 9.50. The molecule has 0 spiro atoms. The van der Waals surface area contributed by atoms with E-state index in [0.29, 0.717) is 13.2 Å². The van der Waals surface area contributed by atoms with Crippen molar-refractivity contribution in [2.24, 2.45) is 0 Å². The van der Waals surface area contributed by atoms with Gasteiger partial charge in [-0.1, -0.05) is 19.6 Å². The van der Waals surface area contributed by atoms with Crippen LogP contribution in [0, 0.1) is 11.3 Å². The van der Waals surface area contributed by atoms with Gasteiger partial charge in [0.05, 0.1) is 36.5 Å². The number of aromatic nitrogens is 6. The van der Waals surface area contributed by atoms with Crippen molar-refractivity contribution in [3.63, 3.8) is 0 Å². The van der Waals surface area contributed by atoms with Gasteiger partial charge in [0.1, 0.15) is 18.2 Å². The minimum Gasteiger partial charge on any atom is -0.390 e. The lowest BCUT2D eigenvalue weighted by Gasteiger charge is -2.52. The second kappa shape index (κ2) is 13.6. The highest BCUT2D eigenvalue weighted by Crippen LogP contribution is 2.46. The van der Waals surface area contributed by atoms with Gasteiger partial charge in [-0.15, -0.1) is 0 Å². The number of rotatable bonds is 12. The van der Waals surface area contributed by atoms with E-state index in [2.05, 4.69) is 56.9 Å². The molecule has 0 amide bonds. The second-order valence-electron chi connectivity index (χ2n) is 14.2. The summed E-state index contributed by atoms with van der Waals surface area (Å²) in [7, 11) is -1.17. The van der Waals surface area contributed by atoms with E-state index in [1.165, 1.54) is 6.07 Å². The van der Waals surface area contributed by atoms with Gasteiger partial charge in [0.25, 0.3) is 0 Å². The smallest absolute Gasteiger partial charge is 0.390 e. The van der Waals surface area contributed by atoms with Crippen molar-refractivity contribution in [2.45, 2.75) is 94.9 Å². The molecule has 0 atom stereocenters. The number of ether oxygens (including phenoxy) is 1. The summed E-state index contributed by atoms with van der Waals surface area (Å²) in [5.41, 5.74) is 2.38. The maximum Gasteiger partial charge on any atom is 0.451 e. The molecular formula is C33H42F3N9O2Si. The van der Waals surface area contributed by atoms with Crippen LogP contribution in [0.2, 0.25) is 25.7 Å². The van der Waals surface area contributed by atoms with Gasteiger partial charge in [0.2, 0.25) is 5.82 Å². The van der Waals surface area contributed by atoms with E-state index in [1.807, 2.05) is 40.1 Å². The number of pyridine rings is 1. The highest BCUT2D eigenvalue weighted by molar-refractivity contribution is 6.76. The highest BCUT2D eigenvalue weighted by Gasteiger charge is 2.49. The molecule has 48 heavy (non-hydrogen) atoms. The Morgan fingerprint density at radius 2 is 1.94 bits per heavy atom. The Balaban J connectivity index is 1.08. The summed E-state index contributed by atoms with van der Waals surface area (Å²) in [6.07, 6.45) is 6.41. The average Bonchev–Trinajstić information content (AvgIpc) is 3.68. The molecule has 11 nitrogen and oxygen atoms in total. The van der Waals surface area contributed by atoms with Crippen LogP contribution in [0.15, 0.2) is 43.0 Å². The van der Waals surface area contributed by atoms with E-state index < -0.39 is 32.2 Å². The molecule has 1 aliphatic carbocycles. The van der Waals surface area contributed by atoms with Crippen molar-refractivity contribution >= 4 is 24.9 Å². The number of aliphatic hydroxyl groups excluding tert-OH is 1. The van der Waals surface area contributed by atoms with Crippen molar-refractivity contribution in [1.29, 1.82) is 5.26 Å². The third kappa shape index (κ3) is 7.41. The van der Waals surface area contributed by atoms with Gasteiger partial charge in [0.15, 0.2) is 0 Å². The minimum atomic E-state index is -4.70. The molecule has 2 aliphatic rings. The molecule has 1 saturated heterocycles. The number of nitrogens with one attached hydrogen (secondary N) is 1. The van der Waals surface area contributed by atoms with E-state index in [4.69, 9.17) is 9.84 Å². The van der Waals surface area contributed by atoms with E-state index in [0.717, 1.165) is 73.6 Å². The molecule has 0 radical (unpaired) electrons. The van der Waals surface area contributed by atoms with Crippen LogP contribution in [-0.2, 0) is 29.8 Å². The van der Waals surface area contributed by atoms with E-state index >= 15 is 0 Å². The lowest BCUT2D eigenvalue weighted by Crippen LogP contribution is -2.58. The molecule has 0 aromatic carbocycles. The molecule has 1 aliphatic heterocycles. The number of piperidine rings is 1. The Hall–Kier alpha value is -3.84. The van der Waals surface area contributed by atoms with E-state index in [-0.39, 0.29) is 23.6 Å².